The Morgan fingerprint density at radius 2 is 2.20 bits per heavy atom. The maximum absolute atomic E-state index is 10.8. The van der Waals surface area contributed by atoms with Gasteiger partial charge in [-0.15, -0.1) is 0 Å². The van der Waals surface area contributed by atoms with Crippen LogP contribution in [0.25, 0.3) is 0 Å². The summed E-state index contributed by atoms with van der Waals surface area (Å²) in [5, 5.41) is 8.88. The van der Waals surface area contributed by atoms with Gasteiger partial charge in [0.25, 0.3) is 0 Å². The maximum atomic E-state index is 10.8. The van der Waals surface area contributed by atoms with Crippen molar-refractivity contribution in [2.45, 2.75) is 13.3 Å². The molecule has 0 aliphatic carbocycles. The van der Waals surface area contributed by atoms with E-state index < -0.39 is 5.97 Å². The number of carboxylic acid groups (broad SMARTS) is 1. The van der Waals surface area contributed by atoms with Gasteiger partial charge in [0.05, 0.1) is 5.56 Å². The number of hydrogen-bond donors (Lipinski definition) is 1. The fraction of sp³-hybridized carbons (Fsp3) is 0.154. The molecule has 0 amide bonds. The van der Waals surface area contributed by atoms with E-state index in [0.717, 1.165) is 6.42 Å². The first-order valence-electron chi connectivity index (χ1n) is 4.74. The Hall–Kier alpha value is -2.01. The van der Waals surface area contributed by atoms with Gasteiger partial charge in [0.1, 0.15) is 0 Å². The minimum absolute atomic E-state index is 0.245. The zero-order chi connectivity index (χ0) is 11.1. The average Bonchev–Trinajstić information content (AvgIpc) is 2.25. The van der Waals surface area contributed by atoms with Gasteiger partial charge in [-0.1, -0.05) is 37.0 Å². The Labute approximate surface area is 89.3 Å². The van der Waals surface area contributed by atoms with E-state index in [9.17, 15) is 4.79 Å². The Bertz CT molecular complexity index is 433. The average molecular weight is 200 g/mol. The number of carboxylic acids is 1. The van der Waals surface area contributed by atoms with Crippen LogP contribution in [0.15, 0.2) is 36.4 Å². The highest BCUT2D eigenvalue weighted by Crippen LogP contribution is 2.06. The van der Waals surface area contributed by atoms with Gasteiger partial charge in [-0.2, -0.15) is 0 Å². The van der Waals surface area contributed by atoms with Crippen LogP contribution in [0.3, 0.4) is 0 Å². The second-order valence-corrected chi connectivity index (χ2v) is 2.93. The van der Waals surface area contributed by atoms with Crippen LogP contribution in [-0.4, -0.2) is 11.1 Å². The topological polar surface area (TPSA) is 37.3 Å². The first kappa shape index (κ1) is 11.1. The summed E-state index contributed by atoms with van der Waals surface area (Å²) in [6.07, 6.45) is 4.59. The van der Waals surface area contributed by atoms with Crippen LogP contribution in [0.2, 0.25) is 0 Å². The second kappa shape index (κ2) is 5.66. The Kier molecular flexibility index (Phi) is 4.18. The van der Waals surface area contributed by atoms with E-state index in [1.165, 1.54) is 0 Å². The highest BCUT2D eigenvalue weighted by atomic mass is 16.4. The highest BCUT2D eigenvalue weighted by Gasteiger charge is 2.05. The summed E-state index contributed by atoms with van der Waals surface area (Å²) >= 11 is 0. The minimum Gasteiger partial charge on any atom is -0.478 e. The molecule has 0 aliphatic rings. The van der Waals surface area contributed by atoms with Gasteiger partial charge in [-0.25, -0.2) is 4.79 Å². The lowest BCUT2D eigenvalue weighted by atomic mass is 10.1. The lowest BCUT2D eigenvalue weighted by molar-refractivity contribution is 0.0696. The van der Waals surface area contributed by atoms with Crippen molar-refractivity contribution < 1.29 is 9.90 Å². The van der Waals surface area contributed by atoms with Crippen molar-refractivity contribution in [1.29, 1.82) is 0 Å². The molecule has 0 aromatic heterocycles. The van der Waals surface area contributed by atoms with Crippen molar-refractivity contribution in [3.8, 4) is 11.8 Å². The molecule has 0 spiro atoms. The van der Waals surface area contributed by atoms with E-state index in [4.69, 9.17) is 5.11 Å². The quantitative estimate of drug-likeness (QED) is 0.745. The molecule has 0 saturated carbocycles. The van der Waals surface area contributed by atoms with Gasteiger partial charge in [0.2, 0.25) is 0 Å². The fourth-order valence-corrected chi connectivity index (χ4v) is 1.07. The molecule has 0 bridgehead atoms. The Morgan fingerprint density at radius 1 is 1.47 bits per heavy atom. The molecule has 2 nitrogen and oxygen atoms in total. The molecule has 0 saturated heterocycles. The summed E-state index contributed by atoms with van der Waals surface area (Å²) in [5.41, 5.74) is 0.792. The van der Waals surface area contributed by atoms with Crippen LogP contribution >= 0.6 is 0 Å². The molecule has 15 heavy (non-hydrogen) atoms. The van der Waals surface area contributed by atoms with Gasteiger partial charge in [-0.3, -0.25) is 0 Å². The SMILES string of the molecule is CC/C=C/C#Cc1ccccc1C(=O)O. The van der Waals surface area contributed by atoms with E-state index >= 15 is 0 Å². The van der Waals surface area contributed by atoms with E-state index in [-0.39, 0.29) is 5.56 Å². The molecule has 0 atom stereocenters. The van der Waals surface area contributed by atoms with Crippen molar-refractivity contribution in [3.63, 3.8) is 0 Å². The lowest BCUT2D eigenvalue weighted by Crippen LogP contribution is -1.98. The van der Waals surface area contributed by atoms with Gasteiger partial charge in [0.15, 0.2) is 0 Å². The number of carbonyl (C=O) groups is 1. The largest absolute Gasteiger partial charge is 0.478 e. The van der Waals surface area contributed by atoms with Crippen molar-refractivity contribution in [2.75, 3.05) is 0 Å². The van der Waals surface area contributed by atoms with Gasteiger partial charge < -0.3 is 5.11 Å². The summed E-state index contributed by atoms with van der Waals surface area (Å²) < 4.78 is 0. The van der Waals surface area contributed by atoms with Gasteiger partial charge in [-0.05, 0) is 24.6 Å². The molecular formula is C13H12O2. The van der Waals surface area contributed by atoms with Crippen LogP contribution in [0.4, 0.5) is 0 Å². The molecular weight excluding hydrogens is 188 g/mol. The normalized spacial score (nSPS) is 9.67. The number of benzene rings is 1. The van der Waals surface area contributed by atoms with E-state index in [1.54, 1.807) is 30.3 Å². The van der Waals surface area contributed by atoms with Crippen LogP contribution in [0.5, 0.6) is 0 Å². The zero-order valence-electron chi connectivity index (χ0n) is 8.53. The summed E-state index contributed by atoms with van der Waals surface area (Å²) in [5.74, 6) is 4.67. The second-order valence-electron chi connectivity index (χ2n) is 2.93. The first-order valence-corrected chi connectivity index (χ1v) is 4.74. The monoisotopic (exact) mass is 200 g/mol. The van der Waals surface area contributed by atoms with Gasteiger partial charge in [0, 0.05) is 5.56 Å². The van der Waals surface area contributed by atoms with Crippen LogP contribution < -0.4 is 0 Å². The molecule has 76 valence electrons. The van der Waals surface area contributed by atoms with Gasteiger partial charge >= 0.3 is 5.97 Å². The van der Waals surface area contributed by atoms with Crippen LogP contribution in [-0.2, 0) is 0 Å². The number of allylic oxidation sites excluding steroid dienone is 2. The molecule has 0 unspecified atom stereocenters. The van der Waals surface area contributed by atoms with E-state index in [0.29, 0.717) is 5.56 Å². The fourth-order valence-electron chi connectivity index (χ4n) is 1.07. The molecule has 0 aliphatic heterocycles. The summed E-state index contributed by atoms with van der Waals surface area (Å²) in [6.45, 7) is 2.02. The van der Waals surface area contributed by atoms with Crippen molar-refractivity contribution in [3.05, 3.63) is 47.5 Å². The summed E-state index contributed by atoms with van der Waals surface area (Å²) in [7, 11) is 0. The predicted molar refractivity (Wildman–Crippen MR) is 59.7 cm³/mol. The number of rotatable bonds is 2. The third-order valence-corrected chi connectivity index (χ3v) is 1.80. The maximum Gasteiger partial charge on any atom is 0.336 e. The first-order chi connectivity index (χ1) is 7.25. The van der Waals surface area contributed by atoms with E-state index in [1.807, 2.05) is 13.0 Å². The minimum atomic E-state index is -0.945. The lowest BCUT2D eigenvalue weighted by Gasteiger charge is -1.96. The van der Waals surface area contributed by atoms with Crippen molar-refractivity contribution in [2.24, 2.45) is 0 Å². The van der Waals surface area contributed by atoms with Crippen molar-refractivity contribution in [1.82, 2.24) is 0 Å². The molecule has 1 aromatic carbocycles. The number of hydrogen-bond acceptors (Lipinski definition) is 1. The highest BCUT2D eigenvalue weighted by molar-refractivity contribution is 5.90. The molecule has 0 heterocycles. The summed E-state index contributed by atoms with van der Waals surface area (Å²) in [4.78, 5) is 10.8. The molecule has 2 heteroatoms. The van der Waals surface area contributed by atoms with Crippen molar-refractivity contribution >= 4 is 5.97 Å². The Morgan fingerprint density at radius 3 is 2.87 bits per heavy atom. The van der Waals surface area contributed by atoms with Crippen LogP contribution in [0.1, 0.15) is 29.3 Å². The van der Waals surface area contributed by atoms with Crippen LogP contribution in [0, 0.1) is 11.8 Å². The molecule has 0 radical (unpaired) electrons. The summed E-state index contributed by atoms with van der Waals surface area (Å²) in [6, 6.07) is 6.72. The number of aromatic carboxylic acids is 1. The molecule has 1 rings (SSSR count). The van der Waals surface area contributed by atoms with E-state index in [2.05, 4.69) is 11.8 Å². The standard InChI is InChI=1S/C13H12O2/c1-2-3-4-5-8-11-9-6-7-10-12(11)13(14)15/h3-4,6-7,9-10H,2H2,1H3,(H,14,15)/b4-3+. The third-order valence-electron chi connectivity index (χ3n) is 1.80. The third kappa shape index (κ3) is 3.32. The predicted octanol–water partition coefficient (Wildman–Crippen LogP) is 2.70. The zero-order valence-corrected chi connectivity index (χ0v) is 8.53. The molecule has 1 aromatic rings. The molecule has 0 fully saturated rings. The molecule has 1 N–H and O–H groups in total. The smallest absolute Gasteiger partial charge is 0.336 e. The Balaban J connectivity index is 2.97.